The fraction of sp³-hybridized carbons (Fsp3) is 1.00. The van der Waals surface area contributed by atoms with Crippen molar-refractivity contribution in [3.05, 3.63) is 0 Å². The number of nitrogens with one attached hydrogen (secondary N) is 4. The molecule has 8 heteroatoms. The Morgan fingerprint density at radius 3 is 2.64 bits per heavy atom. The number of methoxy groups -OCH3 is 2. The third kappa shape index (κ3) is 6.60. The van der Waals surface area contributed by atoms with E-state index in [9.17, 15) is 0 Å². The molecule has 1 saturated carbocycles. The van der Waals surface area contributed by atoms with Crippen molar-refractivity contribution in [3.8, 4) is 0 Å². The maximum atomic E-state index is 6.34. The zero-order chi connectivity index (χ0) is 19.8. The highest BCUT2D eigenvalue weighted by atomic mass is 16.6. The zero-order valence-corrected chi connectivity index (χ0v) is 17.9. The SMILES string of the molecule is CNC1CCNC(NC2CCC(OC)C(OC[C@@H](CN3CCCC3)OC)C2)N1. The Labute approximate surface area is 170 Å². The summed E-state index contributed by atoms with van der Waals surface area (Å²) in [6.07, 6.45) is 7.67. The van der Waals surface area contributed by atoms with Crippen molar-refractivity contribution in [2.24, 2.45) is 0 Å². The molecule has 0 aromatic heterocycles. The minimum atomic E-state index is 0.108. The smallest absolute Gasteiger partial charge is 0.113 e. The Morgan fingerprint density at radius 1 is 1.11 bits per heavy atom. The van der Waals surface area contributed by atoms with Gasteiger partial charge in [-0.15, -0.1) is 0 Å². The fourth-order valence-corrected chi connectivity index (χ4v) is 4.66. The Hall–Kier alpha value is -0.320. The Bertz CT molecular complexity index is 438. The van der Waals surface area contributed by atoms with Gasteiger partial charge in [0, 0.05) is 33.4 Å². The lowest BCUT2D eigenvalue weighted by Gasteiger charge is -2.40. The van der Waals surface area contributed by atoms with Crippen LogP contribution in [-0.2, 0) is 14.2 Å². The highest BCUT2D eigenvalue weighted by Crippen LogP contribution is 2.25. The molecule has 5 unspecified atom stereocenters. The molecule has 4 N–H and O–H groups in total. The van der Waals surface area contributed by atoms with Gasteiger partial charge in [-0.3, -0.25) is 16.0 Å². The molecule has 3 fully saturated rings. The molecule has 1 aliphatic carbocycles. The predicted octanol–water partition coefficient (Wildman–Crippen LogP) is 0.0515. The van der Waals surface area contributed by atoms with Gasteiger partial charge >= 0.3 is 0 Å². The van der Waals surface area contributed by atoms with Crippen LogP contribution in [0.3, 0.4) is 0 Å². The van der Waals surface area contributed by atoms with Gasteiger partial charge in [0.1, 0.15) is 6.29 Å². The number of ether oxygens (including phenoxy) is 3. The van der Waals surface area contributed by atoms with Gasteiger partial charge in [-0.05, 0) is 58.7 Å². The molecule has 0 radical (unpaired) electrons. The van der Waals surface area contributed by atoms with E-state index >= 15 is 0 Å². The summed E-state index contributed by atoms with van der Waals surface area (Å²) >= 11 is 0. The Morgan fingerprint density at radius 2 is 1.93 bits per heavy atom. The highest BCUT2D eigenvalue weighted by Gasteiger charge is 2.33. The van der Waals surface area contributed by atoms with E-state index in [0.29, 0.717) is 18.8 Å². The van der Waals surface area contributed by atoms with E-state index in [2.05, 4.69) is 26.2 Å². The van der Waals surface area contributed by atoms with Crippen molar-refractivity contribution in [2.45, 2.75) is 75.3 Å². The zero-order valence-electron chi connectivity index (χ0n) is 17.9. The molecule has 0 spiro atoms. The van der Waals surface area contributed by atoms with Crippen molar-refractivity contribution in [1.82, 2.24) is 26.2 Å². The van der Waals surface area contributed by atoms with Crippen LogP contribution in [0.5, 0.6) is 0 Å². The number of likely N-dealkylation sites (tertiary alicyclic amines) is 1. The first-order chi connectivity index (χ1) is 13.7. The summed E-state index contributed by atoms with van der Waals surface area (Å²) in [6, 6.07) is 0.414. The maximum Gasteiger partial charge on any atom is 0.113 e. The van der Waals surface area contributed by atoms with Crippen LogP contribution in [0.25, 0.3) is 0 Å². The topological polar surface area (TPSA) is 79.0 Å². The molecule has 2 aliphatic heterocycles. The van der Waals surface area contributed by atoms with E-state index in [1.165, 1.54) is 25.9 Å². The van der Waals surface area contributed by atoms with Gasteiger partial charge in [0.15, 0.2) is 0 Å². The molecular formula is C20H41N5O3. The summed E-state index contributed by atoms with van der Waals surface area (Å²) in [6.45, 7) is 4.97. The Kier molecular flexibility index (Phi) is 9.39. The fourth-order valence-electron chi connectivity index (χ4n) is 4.66. The molecule has 3 rings (SSSR count). The van der Waals surface area contributed by atoms with Gasteiger partial charge in [-0.25, -0.2) is 0 Å². The molecule has 3 aliphatic rings. The van der Waals surface area contributed by atoms with Gasteiger partial charge in [-0.2, -0.15) is 0 Å². The maximum absolute atomic E-state index is 6.34. The van der Waals surface area contributed by atoms with Gasteiger partial charge in [0.05, 0.1) is 31.1 Å². The van der Waals surface area contributed by atoms with E-state index in [1.807, 2.05) is 7.05 Å². The van der Waals surface area contributed by atoms with E-state index in [0.717, 1.165) is 38.8 Å². The van der Waals surface area contributed by atoms with Gasteiger partial charge in [0.25, 0.3) is 0 Å². The van der Waals surface area contributed by atoms with Crippen molar-refractivity contribution in [2.75, 3.05) is 54.1 Å². The molecule has 164 valence electrons. The Balaban J connectivity index is 1.45. The lowest BCUT2D eigenvalue weighted by Crippen LogP contribution is -2.66. The van der Waals surface area contributed by atoms with Crippen LogP contribution in [0.15, 0.2) is 0 Å². The normalized spacial score (nSPS) is 35.9. The summed E-state index contributed by atoms with van der Waals surface area (Å²) in [5, 5.41) is 14.1. The average Bonchev–Trinajstić information content (AvgIpc) is 3.24. The summed E-state index contributed by atoms with van der Waals surface area (Å²) in [4.78, 5) is 2.48. The first-order valence-electron chi connectivity index (χ1n) is 11.0. The van der Waals surface area contributed by atoms with Crippen molar-refractivity contribution in [3.63, 3.8) is 0 Å². The first kappa shape index (κ1) is 22.4. The van der Waals surface area contributed by atoms with E-state index < -0.39 is 0 Å². The van der Waals surface area contributed by atoms with Crippen LogP contribution in [0.1, 0.15) is 38.5 Å². The van der Waals surface area contributed by atoms with E-state index in [1.54, 1.807) is 14.2 Å². The summed E-state index contributed by atoms with van der Waals surface area (Å²) < 4.78 is 17.8. The van der Waals surface area contributed by atoms with Crippen molar-refractivity contribution >= 4 is 0 Å². The van der Waals surface area contributed by atoms with Gasteiger partial charge in [0.2, 0.25) is 0 Å². The molecular weight excluding hydrogens is 358 g/mol. The molecule has 6 atom stereocenters. The van der Waals surface area contributed by atoms with Crippen LogP contribution < -0.4 is 21.3 Å². The lowest BCUT2D eigenvalue weighted by atomic mass is 9.90. The molecule has 8 nitrogen and oxygen atoms in total. The van der Waals surface area contributed by atoms with Crippen LogP contribution >= 0.6 is 0 Å². The number of hydrogen-bond donors (Lipinski definition) is 4. The standard InChI is InChI=1S/C20H41N5O3/c1-21-19-8-9-22-20(24-19)23-15-6-7-17(27-3)18(12-15)28-14-16(26-2)13-25-10-4-5-11-25/h15-24H,4-14H2,1-3H3/t15?,16-,17?,18?,19?,20?/m1/s1. The predicted molar refractivity (Wildman–Crippen MR) is 110 cm³/mol. The minimum absolute atomic E-state index is 0.108. The lowest BCUT2D eigenvalue weighted by molar-refractivity contribution is -0.109. The molecule has 0 aromatic rings. The quantitative estimate of drug-likeness (QED) is 0.411. The molecule has 0 bridgehead atoms. The monoisotopic (exact) mass is 399 g/mol. The van der Waals surface area contributed by atoms with Crippen LogP contribution in [-0.4, -0.2) is 95.8 Å². The van der Waals surface area contributed by atoms with Crippen LogP contribution in [0.2, 0.25) is 0 Å². The van der Waals surface area contributed by atoms with Gasteiger partial charge < -0.3 is 24.4 Å². The molecule has 0 aromatic carbocycles. The van der Waals surface area contributed by atoms with E-state index in [-0.39, 0.29) is 24.6 Å². The third-order valence-electron chi connectivity index (χ3n) is 6.42. The van der Waals surface area contributed by atoms with E-state index in [4.69, 9.17) is 14.2 Å². The van der Waals surface area contributed by atoms with Crippen molar-refractivity contribution < 1.29 is 14.2 Å². The van der Waals surface area contributed by atoms with Gasteiger partial charge in [-0.1, -0.05) is 0 Å². The number of nitrogens with zero attached hydrogens (tertiary/aromatic N) is 1. The highest BCUT2D eigenvalue weighted by molar-refractivity contribution is 4.88. The summed E-state index contributed by atoms with van der Waals surface area (Å²) in [5.41, 5.74) is 0. The second kappa shape index (κ2) is 11.8. The first-order valence-corrected chi connectivity index (χ1v) is 11.0. The molecule has 28 heavy (non-hydrogen) atoms. The minimum Gasteiger partial charge on any atom is -0.379 e. The largest absolute Gasteiger partial charge is 0.379 e. The second-order valence-corrected chi connectivity index (χ2v) is 8.37. The number of hydrogen-bond acceptors (Lipinski definition) is 8. The average molecular weight is 400 g/mol. The summed E-state index contributed by atoms with van der Waals surface area (Å²) in [7, 11) is 5.60. The van der Waals surface area contributed by atoms with Crippen LogP contribution in [0, 0.1) is 0 Å². The molecule has 2 saturated heterocycles. The second-order valence-electron chi connectivity index (χ2n) is 8.37. The molecule has 0 amide bonds. The molecule has 2 heterocycles. The number of rotatable bonds is 10. The summed E-state index contributed by atoms with van der Waals surface area (Å²) in [5.74, 6) is 0. The third-order valence-corrected chi connectivity index (χ3v) is 6.42. The van der Waals surface area contributed by atoms with Crippen LogP contribution in [0.4, 0.5) is 0 Å². The van der Waals surface area contributed by atoms with Crippen molar-refractivity contribution in [1.29, 1.82) is 0 Å².